The molecule has 1 amide bonds. The fraction of sp³-hybridized carbons (Fsp3) is 0.600. The van der Waals surface area contributed by atoms with Crippen molar-refractivity contribution in [1.29, 1.82) is 0 Å². The maximum Gasteiger partial charge on any atom is 0.250 e. The van der Waals surface area contributed by atoms with Gasteiger partial charge >= 0.3 is 0 Å². The highest BCUT2D eigenvalue weighted by molar-refractivity contribution is 5.76. The normalized spacial score (nSPS) is 17.6. The van der Waals surface area contributed by atoms with Gasteiger partial charge in [0, 0.05) is 24.8 Å². The van der Waals surface area contributed by atoms with Crippen LogP contribution in [0.2, 0.25) is 0 Å². The molecule has 1 aliphatic rings. The van der Waals surface area contributed by atoms with Crippen molar-refractivity contribution in [3.05, 3.63) is 34.7 Å². The molecule has 0 saturated carbocycles. The first-order chi connectivity index (χ1) is 9.65. The van der Waals surface area contributed by atoms with E-state index in [1.807, 2.05) is 6.92 Å². The number of rotatable bonds is 5. The van der Waals surface area contributed by atoms with Crippen molar-refractivity contribution < 1.29 is 4.79 Å². The Morgan fingerprint density at radius 3 is 2.75 bits per heavy atom. The van der Waals surface area contributed by atoms with Crippen LogP contribution in [0.1, 0.15) is 26.2 Å². The van der Waals surface area contributed by atoms with E-state index in [9.17, 15) is 9.59 Å². The molecule has 110 valence electrons. The van der Waals surface area contributed by atoms with Crippen molar-refractivity contribution in [3.8, 4) is 0 Å². The molecule has 1 aromatic rings. The molecule has 0 spiro atoms. The van der Waals surface area contributed by atoms with E-state index in [-0.39, 0.29) is 24.1 Å². The SMILES string of the molecule is C[C@H](CN1CCCCC1)NC(=O)Cn1ccccc1=O. The Labute approximate surface area is 119 Å². The van der Waals surface area contributed by atoms with Crippen LogP contribution in [-0.2, 0) is 11.3 Å². The van der Waals surface area contributed by atoms with Crippen LogP contribution in [0.15, 0.2) is 29.2 Å². The minimum Gasteiger partial charge on any atom is -0.351 e. The second-order valence-electron chi connectivity index (χ2n) is 5.50. The number of aromatic nitrogens is 1. The topological polar surface area (TPSA) is 54.3 Å². The molecule has 0 aromatic carbocycles. The number of hydrogen-bond donors (Lipinski definition) is 1. The monoisotopic (exact) mass is 277 g/mol. The van der Waals surface area contributed by atoms with Gasteiger partial charge in [-0.05, 0) is 38.9 Å². The average molecular weight is 277 g/mol. The van der Waals surface area contributed by atoms with E-state index in [4.69, 9.17) is 0 Å². The molecule has 1 aliphatic heterocycles. The highest BCUT2D eigenvalue weighted by Gasteiger charge is 2.15. The summed E-state index contributed by atoms with van der Waals surface area (Å²) < 4.78 is 1.42. The zero-order chi connectivity index (χ0) is 14.4. The molecule has 1 aromatic heterocycles. The molecule has 2 rings (SSSR count). The second-order valence-corrected chi connectivity index (χ2v) is 5.50. The molecule has 5 heteroatoms. The van der Waals surface area contributed by atoms with Crippen molar-refractivity contribution in [2.45, 2.75) is 38.8 Å². The minimum absolute atomic E-state index is 0.0873. The smallest absolute Gasteiger partial charge is 0.250 e. The zero-order valence-electron chi connectivity index (χ0n) is 12.0. The third-order valence-corrected chi connectivity index (χ3v) is 3.60. The summed E-state index contributed by atoms with van der Waals surface area (Å²) in [5.41, 5.74) is -0.147. The van der Waals surface area contributed by atoms with E-state index in [0.29, 0.717) is 0 Å². The number of pyridine rings is 1. The number of carbonyl (C=O) groups is 1. The highest BCUT2D eigenvalue weighted by Crippen LogP contribution is 2.08. The molecule has 5 nitrogen and oxygen atoms in total. The van der Waals surface area contributed by atoms with Gasteiger partial charge in [0.05, 0.1) is 0 Å². The number of hydrogen-bond acceptors (Lipinski definition) is 3. The Morgan fingerprint density at radius 1 is 1.30 bits per heavy atom. The van der Waals surface area contributed by atoms with E-state index < -0.39 is 0 Å². The van der Waals surface area contributed by atoms with Gasteiger partial charge in [-0.3, -0.25) is 9.59 Å². The number of carbonyl (C=O) groups excluding carboxylic acids is 1. The molecular formula is C15H23N3O2. The van der Waals surface area contributed by atoms with E-state index in [1.54, 1.807) is 18.3 Å². The Balaban J connectivity index is 1.79. The Kier molecular flexibility index (Phi) is 5.35. The lowest BCUT2D eigenvalue weighted by Crippen LogP contribution is -2.45. The average Bonchev–Trinajstić information content (AvgIpc) is 2.42. The summed E-state index contributed by atoms with van der Waals surface area (Å²) in [6.07, 6.45) is 5.45. The molecular weight excluding hydrogens is 254 g/mol. The fourth-order valence-electron chi connectivity index (χ4n) is 2.64. The summed E-state index contributed by atoms with van der Waals surface area (Å²) >= 11 is 0. The van der Waals surface area contributed by atoms with Gasteiger partial charge in [-0.15, -0.1) is 0 Å². The summed E-state index contributed by atoms with van der Waals surface area (Å²) in [5, 5.41) is 2.96. The van der Waals surface area contributed by atoms with Gasteiger partial charge in [0.2, 0.25) is 5.91 Å². The Hall–Kier alpha value is -1.62. The predicted octanol–water partition coefficient (Wildman–Crippen LogP) is 0.839. The maximum atomic E-state index is 11.9. The fourth-order valence-corrected chi connectivity index (χ4v) is 2.64. The predicted molar refractivity (Wildman–Crippen MR) is 78.6 cm³/mol. The van der Waals surface area contributed by atoms with Crippen molar-refractivity contribution in [3.63, 3.8) is 0 Å². The van der Waals surface area contributed by atoms with Gasteiger partial charge in [0.1, 0.15) is 6.54 Å². The maximum absolute atomic E-state index is 11.9. The van der Waals surface area contributed by atoms with E-state index >= 15 is 0 Å². The molecule has 1 atom stereocenters. The van der Waals surface area contributed by atoms with Gasteiger partial charge in [0.15, 0.2) is 0 Å². The molecule has 0 aliphatic carbocycles. The van der Waals surface area contributed by atoms with E-state index in [0.717, 1.165) is 19.6 Å². The van der Waals surface area contributed by atoms with Crippen LogP contribution in [-0.4, -0.2) is 41.1 Å². The Morgan fingerprint density at radius 2 is 2.05 bits per heavy atom. The van der Waals surface area contributed by atoms with E-state index in [1.165, 1.54) is 29.9 Å². The molecule has 1 N–H and O–H groups in total. The van der Waals surface area contributed by atoms with Crippen LogP contribution in [0.5, 0.6) is 0 Å². The minimum atomic E-state index is -0.147. The lowest BCUT2D eigenvalue weighted by molar-refractivity contribution is -0.122. The van der Waals surface area contributed by atoms with Gasteiger partial charge in [-0.1, -0.05) is 12.5 Å². The van der Waals surface area contributed by atoms with Crippen molar-refractivity contribution in [2.75, 3.05) is 19.6 Å². The largest absolute Gasteiger partial charge is 0.351 e. The number of amides is 1. The van der Waals surface area contributed by atoms with E-state index in [2.05, 4.69) is 10.2 Å². The van der Waals surface area contributed by atoms with Gasteiger partial charge in [-0.25, -0.2) is 0 Å². The second kappa shape index (κ2) is 7.24. The first-order valence-electron chi connectivity index (χ1n) is 7.32. The molecule has 0 bridgehead atoms. The first kappa shape index (κ1) is 14.8. The van der Waals surface area contributed by atoms with Gasteiger partial charge in [-0.2, -0.15) is 0 Å². The Bertz CT molecular complexity index is 492. The lowest BCUT2D eigenvalue weighted by atomic mass is 10.1. The van der Waals surface area contributed by atoms with Crippen LogP contribution in [0, 0.1) is 0 Å². The standard InChI is InChI=1S/C15H23N3O2/c1-13(11-17-8-4-2-5-9-17)16-14(19)12-18-10-6-3-7-15(18)20/h3,6-7,10,13H,2,4-5,8-9,11-12H2,1H3,(H,16,19)/t13-/m1/s1. The van der Waals surface area contributed by atoms with Gasteiger partial charge < -0.3 is 14.8 Å². The number of likely N-dealkylation sites (tertiary alicyclic amines) is 1. The summed E-state index contributed by atoms with van der Waals surface area (Å²) in [6.45, 7) is 5.23. The van der Waals surface area contributed by atoms with Gasteiger partial charge in [0.25, 0.3) is 5.56 Å². The molecule has 0 radical (unpaired) electrons. The summed E-state index contributed by atoms with van der Waals surface area (Å²) in [5.74, 6) is -0.109. The van der Waals surface area contributed by atoms with Crippen molar-refractivity contribution in [1.82, 2.24) is 14.8 Å². The van der Waals surface area contributed by atoms with Crippen molar-refractivity contribution >= 4 is 5.91 Å². The molecule has 20 heavy (non-hydrogen) atoms. The van der Waals surface area contributed by atoms with Crippen LogP contribution in [0.4, 0.5) is 0 Å². The zero-order valence-corrected chi connectivity index (χ0v) is 12.0. The van der Waals surface area contributed by atoms with Crippen LogP contribution < -0.4 is 10.9 Å². The molecule has 0 unspecified atom stereocenters. The van der Waals surface area contributed by atoms with Crippen LogP contribution >= 0.6 is 0 Å². The van der Waals surface area contributed by atoms with Crippen molar-refractivity contribution in [2.24, 2.45) is 0 Å². The number of nitrogens with one attached hydrogen (secondary N) is 1. The third kappa shape index (κ3) is 4.49. The summed E-state index contributed by atoms with van der Waals surface area (Å²) in [6, 6.07) is 5.01. The number of nitrogens with zero attached hydrogens (tertiary/aromatic N) is 2. The highest BCUT2D eigenvalue weighted by atomic mass is 16.2. The molecule has 1 saturated heterocycles. The summed E-state index contributed by atoms with van der Waals surface area (Å²) in [7, 11) is 0. The summed E-state index contributed by atoms with van der Waals surface area (Å²) in [4.78, 5) is 25.9. The quantitative estimate of drug-likeness (QED) is 0.867. The first-order valence-corrected chi connectivity index (χ1v) is 7.32. The number of piperidine rings is 1. The lowest BCUT2D eigenvalue weighted by Gasteiger charge is -2.29. The van der Waals surface area contributed by atoms with Crippen LogP contribution in [0.3, 0.4) is 0 Å². The third-order valence-electron chi connectivity index (χ3n) is 3.60. The molecule has 1 fully saturated rings. The molecule has 2 heterocycles. The van der Waals surface area contributed by atoms with Crippen LogP contribution in [0.25, 0.3) is 0 Å².